The second-order valence-corrected chi connectivity index (χ2v) is 9.94. The third kappa shape index (κ3) is 3.49. The van der Waals surface area contributed by atoms with Crippen LogP contribution in [0.15, 0.2) is 47.5 Å². The van der Waals surface area contributed by atoms with Crippen molar-refractivity contribution in [3.63, 3.8) is 0 Å². The Balaban J connectivity index is 1.48. The number of rotatable bonds is 7. The number of amides is 1. The molecule has 0 aliphatic carbocycles. The summed E-state index contributed by atoms with van der Waals surface area (Å²) in [6, 6.07) is 5.44. The number of benzene rings is 1. The smallest absolute Gasteiger partial charge is 0.355 e. The lowest BCUT2D eigenvalue weighted by molar-refractivity contribution is -0.384. The quantitative estimate of drug-likeness (QED) is 0.172. The van der Waals surface area contributed by atoms with Crippen molar-refractivity contribution in [1.82, 2.24) is 14.3 Å². The maximum Gasteiger partial charge on any atom is 0.355 e. The number of thiazole rings is 1. The molecule has 0 spiro atoms. The Hall–Kier alpha value is -3.22. The van der Waals surface area contributed by atoms with Gasteiger partial charge in [0.2, 0.25) is 5.91 Å². The number of nitro benzene ring substituents is 1. The highest BCUT2D eigenvalue weighted by Crippen LogP contribution is 2.50. The van der Waals surface area contributed by atoms with Crippen LogP contribution in [-0.2, 0) is 20.9 Å². The van der Waals surface area contributed by atoms with Crippen LogP contribution in [0.3, 0.4) is 0 Å². The topological polar surface area (TPSA) is 127 Å². The average molecular weight is 501 g/mol. The highest BCUT2D eigenvalue weighted by atomic mass is 32.2. The van der Waals surface area contributed by atoms with E-state index in [1.54, 1.807) is 19.4 Å². The van der Waals surface area contributed by atoms with Gasteiger partial charge in [-0.3, -0.25) is 19.3 Å². The van der Waals surface area contributed by atoms with Gasteiger partial charge in [-0.2, -0.15) is 0 Å². The predicted molar refractivity (Wildman–Crippen MR) is 125 cm³/mol. The van der Waals surface area contributed by atoms with Crippen LogP contribution >= 0.6 is 23.1 Å². The number of non-ortho nitro benzene ring substituents is 1. The maximum atomic E-state index is 13.3. The zero-order valence-electron chi connectivity index (χ0n) is 18.2. The molecule has 176 valence electrons. The van der Waals surface area contributed by atoms with Crippen molar-refractivity contribution in [2.45, 2.75) is 37.1 Å². The Bertz CT molecular complexity index is 1340. The monoisotopic (exact) mass is 500 g/mol. The molecule has 3 atom stereocenters. The van der Waals surface area contributed by atoms with Crippen LogP contribution in [0.1, 0.15) is 23.8 Å². The Kier molecular flexibility index (Phi) is 5.66. The van der Waals surface area contributed by atoms with Gasteiger partial charge in [-0.25, -0.2) is 9.78 Å². The largest absolute Gasteiger partial charge is 0.456 e. The van der Waals surface area contributed by atoms with E-state index >= 15 is 0 Å². The summed E-state index contributed by atoms with van der Waals surface area (Å²) in [4.78, 5) is 43.9. The van der Waals surface area contributed by atoms with Crippen LogP contribution in [0.5, 0.6) is 0 Å². The normalized spacial score (nSPS) is 20.4. The number of aliphatic hydroxyl groups excluding tert-OH is 1. The number of nitrogens with zero attached hydrogens (tertiary/aromatic N) is 4. The number of hydrogen-bond donors (Lipinski definition) is 1. The van der Waals surface area contributed by atoms with Gasteiger partial charge in [-0.1, -0.05) is 0 Å². The molecule has 1 saturated heterocycles. The van der Waals surface area contributed by atoms with Gasteiger partial charge < -0.3 is 14.7 Å². The Labute approximate surface area is 202 Å². The Morgan fingerprint density at radius 3 is 2.79 bits per heavy atom. The second kappa shape index (κ2) is 8.53. The van der Waals surface area contributed by atoms with Gasteiger partial charge in [0.25, 0.3) is 5.69 Å². The Morgan fingerprint density at radius 2 is 2.15 bits per heavy atom. The molecule has 0 radical (unpaired) electrons. The van der Waals surface area contributed by atoms with Gasteiger partial charge in [0, 0.05) is 17.7 Å². The number of esters is 1. The maximum absolute atomic E-state index is 13.3. The number of thioether (sulfide) groups is 1. The van der Waals surface area contributed by atoms with Gasteiger partial charge in [0.1, 0.15) is 23.5 Å². The summed E-state index contributed by atoms with van der Waals surface area (Å²) in [7, 11) is 0. The lowest BCUT2D eigenvalue weighted by Gasteiger charge is -2.44. The number of fused-ring (bicyclic) bond motifs is 2. The first-order valence-corrected chi connectivity index (χ1v) is 12.5. The zero-order valence-corrected chi connectivity index (χ0v) is 19.8. The standard InChI is InChI=1S/C22H20N4O6S2/c1-11(27)17-15-7-14(19-21(33-2)24-10-23-8-16(24)34-19)18(25(15)20(17)28)22(29)32-9-12-3-5-13(6-4-12)26(30)31/h3-6,8,10-11,15,17,27H,7,9H2,1-2H3/t11-,15-,17-/m1/s1. The van der Waals surface area contributed by atoms with Crippen LogP contribution in [0.4, 0.5) is 5.69 Å². The van der Waals surface area contributed by atoms with E-state index in [2.05, 4.69) is 4.98 Å². The van der Waals surface area contributed by atoms with Gasteiger partial charge in [0.15, 0.2) is 0 Å². The summed E-state index contributed by atoms with van der Waals surface area (Å²) in [6.07, 6.45) is 5.00. The lowest BCUT2D eigenvalue weighted by Crippen LogP contribution is -2.61. The van der Waals surface area contributed by atoms with E-state index in [9.17, 15) is 24.8 Å². The minimum absolute atomic E-state index is 0.0535. The van der Waals surface area contributed by atoms with Crippen molar-refractivity contribution in [2.24, 2.45) is 5.92 Å². The fourth-order valence-electron chi connectivity index (χ4n) is 4.54. The van der Waals surface area contributed by atoms with Crippen molar-refractivity contribution in [3.8, 4) is 0 Å². The molecule has 4 heterocycles. The molecule has 2 aliphatic rings. The summed E-state index contributed by atoms with van der Waals surface area (Å²) in [5, 5.41) is 21.9. The van der Waals surface area contributed by atoms with Crippen molar-refractivity contribution in [1.29, 1.82) is 0 Å². The van der Waals surface area contributed by atoms with E-state index in [0.717, 1.165) is 14.7 Å². The third-order valence-corrected chi connectivity index (χ3v) is 8.20. The molecule has 1 aromatic carbocycles. The van der Waals surface area contributed by atoms with Gasteiger partial charge in [-0.15, -0.1) is 23.1 Å². The number of aromatic nitrogens is 2. The number of imidazole rings is 1. The molecule has 1 amide bonds. The van der Waals surface area contributed by atoms with Crippen LogP contribution in [0.2, 0.25) is 0 Å². The zero-order chi connectivity index (χ0) is 24.1. The lowest BCUT2D eigenvalue weighted by atomic mass is 9.83. The SMILES string of the molecule is CSc1c(C2=C(C(=O)OCc3ccc([N+](=O)[O-])cc3)N3C(=O)[C@H]([C@@H](C)O)[C@H]3C2)sc2cncn12. The van der Waals surface area contributed by atoms with E-state index in [4.69, 9.17) is 4.74 Å². The molecule has 2 aliphatic heterocycles. The summed E-state index contributed by atoms with van der Waals surface area (Å²) >= 11 is 3.01. The molecule has 2 aromatic heterocycles. The number of ether oxygens (including phenoxy) is 1. The Morgan fingerprint density at radius 1 is 1.41 bits per heavy atom. The number of carbonyl (C=O) groups is 2. The molecule has 0 bridgehead atoms. The second-order valence-electron chi connectivity index (χ2n) is 8.12. The first-order chi connectivity index (χ1) is 16.3. The number of hydrogen-bond acceptors (Lipinski definition) is 9. The molecule has 0 saturated carbocycles. The van der Waals surface area contributed by atoms with Crippen molar-refractivity contribution in [2.75, 3.05) is 6.26 Å². The van der Waals surface area contributed by atoms with E-state index in [1.807, 2.05) is 10.7 Å². The number of β-lactam (4-membered cyclic amide) rings is 1. The minimum Gasteiger partial charge on any atom is -0.456 e. The van der Waals surface area contributed by atoms with Crippen molar-refractivity contribution >= 4 is 51.1 Å². The van der Waals surface area contributed by atoms with Gasteiger partial charge in [0.05, 0.1) is 39.1 Å². The summed E-state index contributed by atoms with van der Waals surface area (Å²) in [5.74, 6) is -1.51. The molecule has 10 nitrogen and oxygen atoms in total. The fourth-order valence-corrected chi connectivity index (χ4v) is 6.68. The average Bonchev–Trinajstić information content (AvgIpc) is 3.48. The van der Waals surface area contributed by atoms with E-state index in [1.165, 1.54) is 52.3 Å². The summed E-state index contributed by atoms with van der Waals surface area (Å²) in [6.45, 7) is 1.49. The molecule has 5 rings (SSSR count). The third-order valence-electron chi connectivity index (χ3n) is 6.13. The first-order valence-electron chi connectivity index (χ1n) is 10.5. The molecule has 3 aromatic rings. The number of aliphatic hydroxyl groups is 1. The van der Waals surface area contributed by atoms with Crippen molar-refractivity contribution in [3.05, 3.63) is 63.0 Å². The molecule has 1 N–H and O–H groups in total. The molecular formula is C22H20N4O6S2. The van der Waals surface area contributed by atoms with Gasteiger partial charge in [-0.05, 0) is 37.3 Å². The van der Waals surface area contributed by atoms with Crippen LogP contribution in [-0.4, -0.2) is 54.6 Å². The van der Waals surface area contributed by atoms with Crippen LogP contribution < -0.4 is 0 Å². The fraction of sp³-hybridized carbons (Fsp3) is 0.318. The summed E-state index contributed by atoms with van der Waals surface area (Å²) in [5.41, 5.74) is 1.45. The van der Waals surface area contributed by atoms with Crippen LogP contribution in [0, 0.1) is 16.0 Å². The van der Waals surface area contributed by atoms with Gasteiger partial charge >= 0.3 is 5.97 Å². The molecule has 12 heteroatoms. The van der Waals surface area contributed by atoms with Crippen molar-refractivity contribution < 1.29 is 24.4 Å². The molecule has 1 fully saturated rings. The van der Waals surface area contributed by atoms with E-state index < -0.39 is 22.9 Å². The predicted octanol–water partition coefficient (Wildman–Crippen LogP) is 3.09. The highest BCUT2D eigenvalue weighted by molar-refractivity contribution is 7.98. The number of nitro groups is 1. The molecule has 34 heavy (non-hydrogen) atoms. The van der Waals surface area contributed by atoms with Crippen LogP contribution in [0.25, 0.3) is 10.4 Å². The molecular weight excluding hydrogens is 480 g/mol. The molecule has 0 unspecified atom stereocenters. The minimum atomic E-state index is -0.825. The highest BCUT2D eigenvalue weighted by Gasteiger charge is 2.57. The summed E-state index contributed by atoms with van der Waals surface area (Å²) < 4.78 is 7.49. The van der Waals surface area contributed by atoms with E-state index in [0.29, 0.717) is 17.6 Å². The first kappa shape index (κ1) is 22.6. The number of carbonyl (C=O) groups excluding carboxylic acids is 2. The van der Waals surface area contributed by atoms with E-state index in [-0.39, 0.29) is 29.9 Å².